The molecule has 8 nitrogen and oxygen atoms in total. The number of hydrogen-bond acceptors (Lipinski definition) is 5. The fourth-order valence-corrected chi connectivity index (χ4v) is 7.22. The maximum absolute atomic E-state index is 13.6. The molecule has 0 bridgehead atoms. The number of hydrogen-bond donors (Lipinski definition) is 1. The normalized spacial score (nSPS) is 15.3. The van der Waals surface area contributed by atoms with E-state index in [-0.39, 0.29) is 24.8 Å². The number of rotatable bonds is 11. The fraction of sp³-hybridized carbons (Fsp3) is 0.353. The Kier molecular flexibility index (Phi) is 10.3. The molecule has 0 radical (unpaired) electrons. The second-order valence-electron chi connectivity index (χ2n) is 11.3. The van der Waals surface area contributed by atoms with Gasteiger partial charge >= 0.3 is 6.09 Å². The van der Waals surface area contributed by atoms with E-state index in [1.54, 1.807) is 17.0 Å². The number of carbonyl (C=O) groups is 2. The van der Waals surface area contributed by atoms with E-state index in [9.17, 15) is 18.0 Å². The van der Waals surface area contributed by atoms with Crippen molar-refractivity contribution >= 4 is 44.5 Å². The lowest BCUT2D eigenvalue weighted by molar-refractivity contribution is 0.0672. The largest absolute Gasteiger partial charge is 0.445 e. The molecule has 1 atom stereocenters. The quantitative estimate of drug-likeness (QED) is 0.194. The van der Waals surface area contributed by atoms with Gasteiger partial charge in [0, 0.05) is 35.1 Å². The Labute approximate surface area is 264 Å². The molecule has 44 heavy (non-hydrogen) atoms. The maximum Gasteiger partial charge on any atom is 0.410 e. The molecule has 10 heteroatoms. The van der Waals surface area contributed by atoms with Crippen LogP contribution in [0.3, 0.4) is 0 Å². The van der Waals surface area contributed by atoms with Crippen LogP contribution in [0.15, 0.2) is 78.9 Å². The molecule has 0 aliphatic carbocycles. The molecule has 1 saturated heterocycles. The highest BCUT2D eigenvalue weighted by Gasteiger charge is 2.30. The molecule has 3 aromatic carbocycles. The molecule has 1 N–H and O–H groups in total. The number of likely N-dealkylation sites (tertiary alicyclic amines) is 1. The van der Waals surface area contributed by atoms with Gasteiger partial charge in [0.25, 0.3) is 5.91 Å². The average Bonchev–Trinajstić information content (AvgIpc) is 3.30. The summed E-state index contributed by atoms with van der Waals surface area (Å²) >= 11 is 6.28. The number of amides is 2. The topological polar surface area (TPSA) is 97.7 Å². The van der Waals surface area contributed by atoms with Crippen molar-refractivity contribution in [1.29, 1.82) is 0 Å². The predicted octanol–water partition coefficient (Wildman–Crippen LogP) is 6.88. The number of piperidine rings is 1. The average molecular weight is 636 g/mol. The molecule has 2 heterocycles. The van der Waals surface area contributed by atoms with Crippen LogP contribution in [0, 0.1) is 6.92 Å². The van der Waals surface area contributed by atoms with E-state index in [4.69, 9.17) is 16.3 Å². The molecular formula is C34H38ClN3O5S. The van der Waals surface area contributed by atoms with Gasteiger partial charge in [-0.1, -0.05) is 72.3 Å². The first-order chi connectivity index (χ1) is 21.2. The summed E-state index contributed by atoms with van der Waals surface area (Å²) < 4.78 is 36.2. The summed E-state index contributed by atoms with van der Waals surface area (Å²) in [5.41, 5.74) is 3.89. The van der Waals surface area contributed by atoms with Crippen molar-refractivity contribution in [3.05, 3.63) is 106 Å². The van der Waals surface area contributed by atoms with Gasteiger partial charge in [-0.15, -0.1) is 0 Å². The summed E-state index contributed by atoms with van der Waals surface area (Å²) in [6, 6.07) is 24.7. The van der Waals surface area contributed by atoms with E-state index in [2.05, 4.69) is 16.9 Å². The van der Waals surface area contributed by atoms with E-state index in [0.29, 0.717) is 35.8 Å². The molecule has 1 aliphatic rings. The highest BCUT2D eigenvalue weighted by Crippen LogP contribution is 2.29. The zero-order valence-corrected chi connectivity index (χ0v) is 26.4. The van der Waals surface area contributed by atoms with Crippen LogP contribution in [0.1, 0.15) is 59.3 Å². The summed E-state index contributed by atoms with van der Waals surface area (Å²) in [6.07, 6.45) is 3.74. The standard InChI is InChI=1S/C34H38ClN3O5S/c1-25-30-23-28(35)17-18-31(30)38(21-10-15-26-11-4-2-5-12-26)32(25)33(39)36-44(41,42)22-19-29-16-8-9-20-37(29)34(40)43-24-27-13-6-3-7-14-27/h2-7,11-14,17-18,23,29H,8-10,15-16,19-22,24H2,1H3,(H,36,39)/t29-/m1/s1. The molecule has 0 spiro atoms. The van der Waals surface area contributed by atoms with Gasteiger partial charge in [0.2, 0.25) is 10.0 Å². The van der Waals surface area contributed by atoms with Crippen LogP contribution in [0.25, 0.3) is 10.9 Å². The predicted molar refractivity (Wildman–Crippen MR) is 173 cm³/mol. The minimum absolute atomic E-state index is 0.154. The minimum atomic E-state index is -3.99. The van der Waals surface area contributed by atoms with Crippen LogP contribution in [-0.2, 0) is 34.3 Å². The molecule has 1 aromatic heterocycles. The Bertz CT molecular complexity index is 1710. The molecule has 0 saturated carbocycles. The molecule has 4 aromatic rings. The first kappa shape index (κ1) is 31.6. The summed E-state index contributed by atoms with van der Waals surface area (Å²) in [6.45, 7) is 3.01. The van der Waals surface area contributed by atoms with Crippen LogP contribution in [-0.4, -0.2) is 48.2 Å². The van der Waals surface area contributed by atoms with E-state index in [0.717, 1.165) is 42.1 Å². The summed E-state index contributed by atoms with van der Waals surface area (Å²) in [5.74, 6) is -0.956. The van der Waals surface area contributed by atoms with Gasteiger partial charge < -0.3 is 14.2 Å². The number of nitrogens with one attached hydrogen (secondary N) is 1. The minimum Gasteiger partial charge on any atom is -0.445 e. The van der Waals surface area contributed by atoms with Crippen LogP contribution < -0.4 is 4.72 Å². The van der Waals surface area contributed by atoms with Crippen molar-refractivity contribution < 1.29 is 22.7 Å². The fourth-order valence-electron chi connectivity index (χ4n) is 5.98. The molecule has 5 rings (SSSR count). The van der Waals surface area contributed by atoms with Gasteiger partial charge in [-0.05, 0) is 80.3 Å². The molecular weight excluding hydrogens is 598 g/mol. The Morgan fingerprint density at radius 3 is 2.41 bits per heavy atom. The molecule has 232 valence electrons. The van der Waals surface area contributed by atoms with Crippen molar-refractivity contribution in [2.24, 2.45) is 0 Å². The highest BCUT2D eigenvalue weighted by molar-refractivity contribution is 7.90. The zero-order valence-electron chi connectivity index (χ0n) is 24.9. The first-order valence-electron chi connectivity index (χ1n) is 15.1. The number of aryl methyl sites for hydroxylation is 3. The third-order valence-corrected chi connectivity index (χ3v) is 9.72. The third-order valence-electron chi connectivity index (χ3n) is 8.22. The second kappa shape index (κ2) is 14.3. The van der Waals surface area contributed by atoms with Crippen LogP contribution in [0.2, 0.25) is 5.02 Å². The number of fused-ring (bicyclic) bond motifs is 1. The molecule has 0 unspecified atom stereocenters. The van der Waals surface area contributed by atoms with Crippen molar-refractivity contribution in [2.45, 2.75) is 64.6 Å². The number of carbonyl (C=O) groups excluding carboxylic acids is 2. The van der Waals surface area contributed by atoms with Gasteiger partial charge in [0.15, 0.2) is 0 Å². The first-order valence-corrected chi connectivity index (χ1v) is 17.1. The number of ether oxygens (including phenoxy) is 1. The lowest BCUT2D eigenvalue weighted by Crippen LogP contribution is -2.45. The van der Waals surface area contributed by atoms with Gasteiger partial charge in [-0.3, -0.25) is 4.79 Å². The van der Waals surface area contributed by atoms with Crippen LogP contribution >= 0.6 is 11.6 Å². The van der Waals surface area contributed by atoms with Gasteiger partial charge in [-0.25, -0.2) is 17.9 Å². The zero-order chi connectivity index (χ0) is 31.1. The van der Waals surface area contributed by atoms with E-state index in [1.165, 1.54) is 5.56 Å². The summed E-state index contributed by atoms with van der Waals surface area (Å²) in [4.78, 5) is 28.1. The Hall–Kier alpha value is -3.82. The number of nitrogens with zero attached hydrogens (tertiary/aromatic N) is 2. The van der Waals surface area contributed by atoms with Crippen molar-refractivity contribution in [1.82, 2.24) is 14.2 Å². The van der Waals surface area contributed by atoms with Gasteiger partial charge in [-0.2, -0.15) is 0 Å². The van der Waals surface area contributed by atoms with Gasteiger partial charge in [0.1, 0.15) is 12.3 Å². The lowest BCUT2D eigenvalue weighted by atomic mass is 10.0. The maximum atomic E-state index is 13.6. The lowest BCUT2D eigenvalue weighted by Gasteiger charge is -2.34. The molecule has 1 fully saturated rings. The highest BCUT2D eigenvalue weighted by atomic mass is 35.5. The van der Waals surface area contributed by atoms with Gasteiger partial charge in [0.05, 0.1) is 5.75 Å². The number of aromatic nitrogens is 1. The van der Waals surface area contributed by atoms with E-state index < -0.39 is 22.0 Å². The van der Waals surface area contributed by atoms with E-state index >= 15 is 0 Å². The summed E-state index contributed by atoms with van der Waals surface area (Å²) in [7, 11) is -3.99. The molecule has 2 amide bonds. The Morgan fingerprint density at radius 1 is 0.977 bits per heavy atom. The number of benzene rings is 3. The monoisotopic (exact) mass is 635 g/mol. The van der Waals surface area contributed by atoms with Crippen molar-refractivity contribution in [2.75, 3.05) is 12.3 Å². The van der Waals surface area contributed by atoms with Crippen molar-refractivity contribution in [3.63, 3.8) is 0 Å². The smallest absolute Gasteiger partial charge is 0.410 e. The van der Waals surface area contributed by atoms with E-state index in [1.807, 2.05) is 66.1 Å². The van der Waals surface area contributed by atoms with Crippen LogP contribution in [0.5, 0.6) is 0 Å². The third kappa shape index (κ3) is 7.81. The Morgan fingerprint density at radius 2 is 1.68 bits per heavy atom. The molecule has 1 aliphatic heterocycles. The number of halogens is 1. The number of sulfonamides is 1. The van der Waals surface area contributed by atoms with Crippen molar-refractivity contribution in [3.8, 4) is 0 Å². The Balaban J connectivity index is 1.26. The van der Waals surface area contributed by atoms with Crippen LogP contribution in [0.4, 0.5) is 4.79 Å². The summed E-state index contributed by atoms with van der Waals surface area (Å²) in [5, 5.41) is 1.35. The SMILES string of the molecule is Cc1c(C(=O)NS(=O)(=O)CC[C@H]2CCCCN2C(=O)OCc2ccccc2)n(CCCc2ccccc2)c2ccc(Cl)cc12. The second-order valence-corrected chi connectivity index (χ2v) is 13.6.